The molecule has 2 atom stereocenters. The van der Waals surface area contributed by atoms with Gasteiger partial charge in [0.2, 0.25) is 6.10 Å². The molecular formula is C14H27BN2O4. The minimum Gasteiger partial charge on any atom is -0.426 e. The van der Waals surface area contributed by atoms with Gasteiger partial charge in [-0.3, -0.25) is 4.79 Å². The largest absolute Gasteiger partial charge is 0.475 e. The molecule has 1 aliphatic rings. The van der Waals surface area contributed by atoms with Crippen LogP contribution in [0, 0.1) is 5.92 Å². The topological polar surface area (TPSA) is 91.2 Å². The maximum atomic E-state index is 12.1. The summed E-state index contributed by atoms with van der Waals surface area (Å²) in [6.45, 7) is 6.06. The van der Waals surface area contributed by atoms with E-state index in [1.54, 1.807) is 0 Å². The average Bonchev–Trinajstić information content (AvgIpc) is 2.86. The minimum absolute atomic E-state index is 0.252. The third-order valence-corrected chi connectivity index (χ3v) is 3.50. The van der Waals surface area contributed by atoms with Crippen LogP contribution in [0.1, 0.15) is 59.3 Å². The Morgan fingerprint density at radius 1 is 1.48 bits per heavy atom. The number of amides is 1. The number of rotatable bonds is 9. The Bertz CT molecular complexity index is 361. The van der Waals surface area contributed by atoms with Crippen LogP contribution in [0.25, 0.3) is 0 Å². The number of nitrogens with zero attached hydrogens (tertiary/aromatic N) is 1. The summed E-state index contributed by atoms with van der Waals surface area (Å²) in [7, 11) is -1.57. The van der Waals surface area contributed by atoms with E-state index in [1.165, 1.54) is 0 Å². The maximum absolute atomic E-state index is 12.1. The zero-order valence-electron chi connectivity index (χ0n) is 13.2. The number of oxime groups is 1. The van der Waals surface area contributed by atoms with Crippen LogP contribution in [0.3, 0.4) is 0 Å². The number of carbonyl (C=O) groups is 1. The molecule has 120 valence electrons. The minimum atomic E-state index is -1.57. The fourth-order valence-corrected chi connectivity index (χ4v) is 2.33. The van der Waals surface area contributed by atoms with Crippen LogP contribution >= 0.6 is 0 Å². The molecule has 0 radical (unpaired) electrons. The van der Waals surface area contributed by atoms with Gasteiger partial charge in [-0.25, -0.2) is 0 Å². The predicted molar refractivity (Wildman–Crippen MR) is 82.6 cm³/mol. The van der Waals surface area contributed by atoms with Crippen LogP contribution < -0.4 is 5.32 Å². The van der Waals surface area contributed by atoms with Crippen molar-refractivity contribution in [2.45, 2.75) is 71.3 Å². The van der Waals surface area contributed by atoms with Crippen molar-refractivity contribution in [3.8, 4) is 0 Å². The molecular weight excluding hydrogens is 271 g/mol. The zero-order chi connectivity index (χ0) is 15.8. The molecule has 0 spiro atoms. The molecule has 0 aliphatic carbocycles. The summed E-state index contributed by atoms with van der Waals surface area (Å²) in [4.78, 5) is 17.2. The molecule has 1 amide bonds. The Balaban J connectivity index is 2.39. The molecule has 1 rings (SSSR count). The monoisotopic (exact) mass is 298 g/mol. The van der Waals surface area contributed by atoms with Crippen molar-refractivity contribution >= 4 is 18.7 Å². The first kappa shape index (κ1) is 18.0. The van der Waals surface area contributed by atoms with Crippen molar-refractivity contribution in [3.05, 3.63) is 0 Å². The van der Waals surface area contributed by atoms with E-state index >= 15 is 0 Å². The second kappa shape index (κ2) is 9.05. The van der Waals surface area contributed by atoms with E-state index in [9.17, 15) is 14.8 Å². The molecule has 0 aromatic carbocycles. The second-order valence-electron chi connectivity index (χ2n) is 6.07. The fraction of sp³-hybridized carbons (Fsp3) is 0.857. The lowest BCUT2D eigenvalue weighted by molar-refractivity contribution is -0.131. The van der Waals surface area contributed by atoms with Crippen LogP contribution in [-0.2, 0) is 9.63 Å². The summed E-state index contributed by atoms with van der Waals surface area (Å²) in [5.41, 5.74) is 0.911. The van der Waals surface area contributed by atoms with Gasteiger partial charge in [0.05, 0.1) is 11.7 Å². The molecule has 0 aromatic heterocycles. The van der Waals surface area contributed by atoms with Gasteiger partial charge in [0.1, 0.15) is 0 Å². The quantitative estimate of drug-likeness (QED) is 0.441. The van der Waals surface area contributed by atoms with E-state index in [0.29, 0.717) is 12.8 Å². The highest BCUT2D eigenvalue weighted by Gasteiger charge is 2.32. The first-order valence-electron chi connectivity index (χ1n) is 7.82. The van der Waals surface area contributed by atoms with E-state index < -0.39 is 19.2 Å². The summed E-state index contributed by atoms with van der Waals surface area (Å²) >= 11 is 0. The van der Waals surface area contributed by atoms with Crippen molar-refractivity contribution in [1.82, 2.24) is 5.32 Å². The Morgan fingerprint density at radius 3 is 2.76 bits per heavy atom. The van der Waals surface area contributed by atoms with Gasteiger partial charge in [-0.1, -0.05) is 38.8 Å². The first-order chi connectivity index (χ1) is 9.93. The number of unbranched alkanes of at least 4 members (excludes halogenated alkanes) is 2. The van der Waals surface area contributed by atoms with Crippen molar-refractivity contribution in [3.63, 3.8) is 0 Å². The standard InChI is InChI=1S/C14H27BN2O4/c1-4-5-6-7-11-9-12(21-17-11)14(18)16-13(15(19)20)8-10(2)3/h10,12-13,19-20H,4-9H2,1-3H3,(H,16,18). The van der Waals surface area contributed by atoms with Gasteiger partial charge in [0.15, 0.2) is 0 Å². The van der Waals surface area contributed by atoms with Crippen LogP contribution in [0.5, 0.6) is 0 Å². The predicted octanol–water partition coefficient (Wildman–Crippen LogP) is 1.25. The van der Waals surface area contributed by atoms with Gasteiger partial charge in [0, 0.05) is 6.42 Å². The van der Waals surface area contributed by atoms with Crippen molar-refractivity contribution in [2.24, 2.45) is 11.1 Å². The van der Waals surface area contributed by atoms with E-state index in [2.05, 4.69) is 17.4 Å². The molecule has 21 heavy (non-hydrogen) atoms. The highest BCUT2D eigenvalue weighted by molar-refractivity contribution is 6.43. The normalized spacial score (nSPS) is 19.1. The molecule has 1 heterocycles. The van der Waals surface area contributed by atoms with Crippen molar-refractivity contribution < 1.29 is 19.7 Å². The first-order valence-corrected chi connectivity index (χ1v) is 7.82. The SMILES string of the molecule is CCCCCC1=NOC(C(=O)NC(CC(C)C)B(O)O)C1. The van der Waals surface area contributed by atoms with Gasteiger partial charge in [0.25, 0.3) is 5.91 Å². The van der Waals surface area contributed by atoms with Crippen LogP contribution in [-0.4, -0.2) is 40.8 Å². The summed E-state index contributed by atoms with van der Waals surface area (Å²) in [5, 5.41) is 25.2. The summed E-state index contributed by atoms with van der Waals surface area (Å²) < 4.78 is 0. The Labute approximate surface area is 127 Å². The lowest BCUT2D eigenvalue weighted by atomic mass is 9.75. The van der Waals surface area contributed by atoms with Crippen molar-refractivity contribution in [1.29, 1.82) is 0 Å². The smallest absolute Gasteiger partial charge is 0.426 e. The molecule has 1 aliphatic heterocycles. The third kappa shape index (κ3) is 6.48. The number of hydrogen-bond donors (Lipinski definition) is 3. The van der Waals surface area contributed by atoms with Crippen LogP contribution in [0.2, 0.25) is 0 Å². The lowest BCUT2D eigenvalue weighted by Gasteiger charge is -2.20. The molecule has 0 aromatic rings. The van der Waals surface area contributed by atoms with Gasteiger partial charge < -0.3 is 20.2 Å². The summed E-state index contributed by atoms with van der Waals surface area (Å²) in [6, 6.07) is 0. The van der Waals surface area contributed by atoms with Crippen molar-refractivity contribution in [2.75, 3.05) is 0 Å². The summed E-state index contributed by atoms with van der Waals surface area (Å²) in [5.74, 6) is -0.754. The fourth-order valence-electron chi connectivity index (χ4n) is 2.33. The number of hydrogen-bond acceptors (Lipinski definition) is 5. The van der Waals surface area contributed by atoms with E-state index in [1.807, 2.05) is 13.8 Å². The molecule has 0 saturated carbocycles. The van der Waals surface area contributed by atoms with E-state index in [0.717, 1.165) is 31.4 Å². The van der Waals surface area contributed by atoms with Gasteiger partial charge >= 0.3 is 7.12 Å². The second-order valence-corrected chi connectivity index (χ2v) is 6.07. The third-order valence-electron chi connectivity index (χ3n) is 3.50. The number of carbonyl (C=O) groups excluding carboxylic acids is 1. The molecule has 7 heteroatoms. The Morgan fingerprint density at radius 2 is 2.19 bits per heavy atom. The highest BCUT2D eigenvalue weighted by atomic mass is 16.6. The van der Waals surface area contributed by atoms with E-state index in [-0.39, 0.29) is 11.8 Å². The molecule has 0 saturated heterocycles. The Hall–Kier alpha value is -1.08. The van der Waals surface area contributed by atoms with Gasteiger partial charge in [-0.05, 0) is 25.2 Å². The Kier molecular flexibility index (Phi) is 7.74. The highest BCUT2D eigenvalue weighted by Crippen LogP contribution is 2.16. The number of nitrogens with one attached hydrogen (secondary N) is 1. The molecule has 2 unspecified atom stereocenters. The van der Waals surface area contributed by atoms with Gasteiger partial charge in [-0.2, -0.15) is 0 Å². The molecule has 0 bridgehead atoms. The molecule has 0 fully saturated rings. The summed E-state index contributed by atoms with van der Waals surface area (Å²) in [6.07, 6.45) is 4.54. The van der Waals surface area contributed by atoms with E-state index in [4.69, 9.17) is 4.84 Å². The average molecular weight is 298 g/mol. The molecule has 6 nitrogen and oxygen atoms in total. The van der Waals surface area contributed by atoms with Crippen LogP contribution in [0.15, 0.2) is 5.16 Å². The maximum Gasteiger partial charge on any atom is 0.475 e. The lowest BCUT2D eigenvalue weighted by Crippen LogP contribution is -2.50. The van der Waals surface area contributed by atoms with Gasteiger partial charge in [-0.15, -0.1) is 0 Å². The van der Waals surface area contributed by atoms with Crippen LogP contribution in [0.4, 0.5) is 0 Å². The zero-order valence-corrected chi connectivity index (χ0v) is 13.2. The molecule has 3 N–H and O–H groups in total.